The minimum atomic E-state index is 0.792. The third-order valence-electron chi connectivity index (χ3n) is 11.7. The monoisotopic (exact) mass is 766 g/mol. The average Bonchev–Trinajstić information content (AvgIpc) is 3.72. The van der Waals surface area contributed by atoms with Crippen LogP contribution in [0.2, 0.25) is 0 Å². The van der Waals surface area contributed by atoms with Crippen LogP contribution >= 0.6 is 0 Å². The molecule has 4 nitrogen and oxygen atoms in total. The van der Waals surface area contributed by atoms with Crippen LogP contribution in [-0.4, -0.2) is 21.5 Å². The van der Waals surface area contributed by atoms with Crippen LogP contribution in [0.1, 0.15) is 12.5 Å². The summed E-state index contributed by atoms with van der Waals surface area (Å²) in [5.41, 5.74) is 13.4. The Morgan fingerprint density at radius 2 is 1.12 bits per heavy atom. The lowest BCUT2D eigenvalue weighted by Crippen LogP contribution is -1.97. The minimum absolute atomic E-state index is 0.792. The van der Waals surface area contributed by atoms with Gasteiger partial charge < -0.3 is 0 Å². The van der Waals surface area contributed by atoms with Crippen LogP contribution in [0.3, 0.4) is 0 Å². The lowest BCUT2D eigenvalue weighted by atomic mass is 9.86. The summed E-state index contributed by atoms with van der Waals surface area (Å²) in [5, 5.41) is 14.5. The Morgan fingerprint density at radius 1 is 0.533 bits per heavy atom. The first-order chi connectivity index (χ1) is 29.7. The van der Waals surface area contributed by atoms with E-state index in [0.29, 0.717) is 0 Å². The number of aromatic nitrogens is 3. The summed E-state index contributed by atoms with van der Waals surface area (Å²) in [6, 6.07) is 67.1. The maximum atomic E-state index is 5.46. The second kappa shape index (κ2) is 14.5. The highest BCUT2D eigenvalue weighted by atomic mass is 15.3. The van der Waals surface area contributed by atoms with E-state index in [-0.39, 0.29) is 0 Å². The van der Waals surface area contributed by atoms with E-state index in [1.54, 1.807) is 0 Å². The van der Waals surface area contributed by atoms with Crippen LogP contribution in [0.25, 0.3) is 111 Å². The number of hydrogen-bond acceptors (Lipinski definition) is 3. The summed E-state index contributed by atoms with van der Waals surface area (Å²) < 4.78 is 2.15. The zero-order valence-electron chi connectivity index (χ0n) is 33.0. The highest BCUT2D eigenvalue weighted by molar-refractivity contribution is 6.23. The number of pyridine rings is 1. The zero-order chi connectivity index (χ0) is 40.2. The summed E-state index contributed by atoms with van der Waals surface area (Å²) in [4.78, 5) is 9.83. The zero-order valence-corrected chi connectivity index (χ0v) is 33.0. The van der Waals surface area contributed by atoms with E-state index in [1.807, 2.05) is 13.0 Å². The molecule has 0 amide bonds. The molecule has 0 atom stereocenters. The molecule has 4 heteroatoms. The van der Waals surface area contributed by atoms with Crippen molar-refractivity contribution in [2.24, 2.45) is 4.99 Å². The van der Waals surface area contributed by atoms with Gasteiger partial charge in [0.2, 0.25) is 0 Å². The SMILES string of the molecule is C=Nc1c(/C=C\C)ccc2ccc(-c3c4ccccc4c(-c4ccc5cc(-c6ccccc6)c6c(-c7ccccc7)nn(-c7ccccc7)c6c5c4)c4ccccc34)nc12. The normalized spacial score (nSPS) is 11.8. The van der Waals surface area contributed by atoms with Crippen molar-refractivity contribution in [1.82, 2.24) is 14.8 Å². The van der Waals surface area contributed by atoms with Gasteiger partial charge in [-0.3, -0.25) is 4.99 Å². The molecule has 0 unspecified atom stereocenters. The molecule has 0 N–H and O–H groups in total. The highest BCUT2D eigenvalue weighted by Crippen LogP contribution is 2.47. The predicted octanol–water partition coefficient (Wildman–Crippen LogP) is 15.1. The molecule has 0 saturated carbocycles. The Bertz CT molecular complexity index is 3440. The Morgan fingerprint density at radius 3 is 1.77 bits per heavy atom. The summed E-state index contributed by atoms with van der Waals surface area (Å²) >= 11 is 0. The van der Waals surface area contributed by atoms with Gasteiger partial charge in [0.25, 0.3) is 0 Å². The standard InChI is InChI=1S/C56H38N4/c1-3-17-37-28-29-39-32-33-49(58-55(39)54(37)57-2)51-45-26-15-13-24-43(45)50(44-25-14-16-27-46(44)51)41-31-30-40-34-47(36-18-7-4-8-19-36)52-53(38-20-9-5-10-21-38)59-60(56(52)48(40)35-41)42-22-11-6-12-23-42/h3-35H,2H2,1H3/b17-3-. The fourth-order valence-corrected chi connectivity index (χ4v) is 9.12. The van der Waals surface area contributed by atoms with Gasteiger partial charge in [-0.05, 0) is 93.2 Å². The van der Waals surface area contributed by atoms with Crippen LogP contribution in [0.4, 0.5) is 5.69 Å². The third kappa shape index (κ3) is 5.65. The Hall–Kier alpha value is -7.95. The molecule has 282 valence electrons. The number of fused-ring (bicyclic) bond motifs is 6. The molecular formula is C56H38N4. The van der Waals surface area contributed by atoms with Gasteiger partial charge >= 0.3 is 0 Å². The largest absolute Gasteiger partial charge is 0.262 e. The summed E-state index contributed by atoms with van der Waals surface area (Å²) in [6.45, 7) is 5.96. The van der Waals surface area contributed by atoms with Crippen LogP contribution in [0.5, 0.6) is 0 Å². The molecule has 2 heterocycles. The number of rotatable bonds is 7. The van der Waals surface area contributed by atoms with E-state index in [1.165, 1.54) is 5.56 Å². The fraction of sp³-hybridized carbons (Fsp3) is 0.0179. The number of aliphatic imine (C=N–C) groups is 1. The van der Waals surface area contributed by atoms with Gasteiger partial charge in [0.1, 0.15) is 5.69 Å². The van der Waals surface area contributed by atoms with Gasteiger partial charge in [0.05, 0.1) is 28.1 Å². The molecule has 0 spiro atoms. The number of hydrogen-bond donors (Lipinski definition) is 0. The van der Waals surface area contributed by atoms with E-state index in [9.17, 15) is 0 Å². The first kappa shape index (κ1) is 35.2. The number of nitrogens with zero attached hydrogens (tertiary/aromatic N) is 4. The highest BCUT2D eigenvalue weighted by Gasteiger charge is 2.23. The van der Waals surface area contributed by atoms with Crippen LogP contribution in [0, 0.1) is 0 Å². The van der Waals surface area contributed by atoms with Crippen molar-refractivity contribution in [1.29, 1.82) is 0 Å². The van der Waals surface area contributed by atoms with Crippen LogP contribution in [0.15, 0.2) is 199 Å². The first-order valence-electron chi connectivity index (χ1n) is 20.3. The van der Waals surface area contributed by atoms with Crippen molar-refractivity contribution >= 4 is 72.6 Å². The van der Waals surface area contributed by atoms with E-state index in [4.69, 9.17) is 10.1 Å². The van der Waals surface area contributed by atoms with Crippen LogP contribution in [-0.2, 0) is 0 Å². The Balaban J connectivity index is 1.23. The second-order valence-corrected chi connectivity index (χ2v) is 15.2. The van der Waals surface area contributed by atoms with E-state index in [2.05, 4.69) is 211 Å². The lowest BCUT2D eigenvalue weighted by molar-refractivity contribution is 0.918. The predicted molar refractivity (Wildman–Crippen MR) is 255 cm³/mol. The first-order valence-corrected chi connectivity index (χ1v) is 20.3. The Kier molecular flexibility index (Phi) is 8.49. The molecule has 11 aromatic rings. The topological polar surface area (TPSA) is 43.1 Å². The quantitative estimate of drug-likeness (QED) is 0.120. The van der Waals surface area contributed by atoms with Gasteiger partial charge in [0, 0.05) is 32.8 Å². The third-order valence-corrected chi connectivity index (χ3v) is 11.7. The maximum Gasteiger partial charge on any atom is 0.101 e. The van der Waals surface area contributed by atoms with Gasteiger partial charge in [-0.15, -0.1) is 0 Å². The molecule has 0 fully saturated rings. The van der Waals surface area contributed by atoms with Crippen molar-refractivity contribution in [3.05, 3.63) is 200 Å². The maximum absolute atomic E-state index is 5.46. The van der Waals surface area contributed by atoms with E-state index in [0.717, 1.165) is 110 Å². The number of benzene rings is 9. The van der Waals surface area contributed by atoms with Crippen molar-refractivity contribution in [2.45, 2.75) is 6.92 Å². The molecule has 0 saturated heterocycles. The molecule has 11 rings (SSSR count). The molecule has 0 aliphatic rings. The van der Waals surface area contributed by atoms with Crippen LogP contribution < -0.4 is 0 Å². The lowest BCUT2D eigenvalue weighted by Gasteiger charge is -2.18. The van der Waals surface area contributed by atoms with Gasteiger partial charge in [0.15, 0.2) is 0 Å². The second-order valence-electron chi connectivity index (χ2n) is 15.2. The van der Waals surface area contributed by atoms with Crippen molar-refractivity contribution < 1.29 is 0 Å². The molecule has 0 radical (unpaired) electrons. The van der Waals surface area contributed by atoms with Gasteiger partial charge in [-0.25, -0.2) is 9.67 Å². The van der Waals surface area contributed by atoms with Gasteiger partial charge in [-0.1, -0.05) is 170 Å². The fourth-order valence-electron chi connectivity index (χ4n) is 9.12. The smallest absolute Gasteiger partial charge is 0.101 e. The molecule has 2 aromatic heterocycles. The molecule has 0 aliphatic heterocycles. The summed E-state index contributed by atoms with van der Waals surface area (Å²) in [5.74, 6) is 0. The van der Waals surface area contributed by atoms with E-state index >= 15 is 0 Å². The molecular weight excluding hydrogens is 729 g/mol. The van der Waals surface area contributed by atoms with Gasteiger partial charge in [-0.2, -0.15) is 5.10 Å². The van der Waals surface area contributed by atoms with Crippen molar-refractivity contribution in [3.63, 3.8) is 0 Å². The number of allylic oxidation sites excluding steroid dienone is 1. The van der Waals surface area contributed by atoms with Crippen molar-refractivity contribution in [3.8, 4) is 50.5 Å². The average molecular weight is 767 g/mol. The molecule has 60 heavy (non-hydrogen) atoms. The minimum Gasteiger partial charge on any atom is -0.262 e. The number of para-hydroxylation sites is 1. The van der Waals surface area contributed by atoms with Crippen molar-refractivity contribution in [2.75, 3.05) is 0 Å². The summed E-state index contributed by atoms with van der Waals surface area (Å²) in [7, 11) is 0. The summed E-state index contributed by atoms with van der Waals surface area (Å²) in [6.07, 6.45) is 4.09. The molecule has 0 bridgehead atoms. The Labute approximate surface area is 348 Å². The van der Waals surface area contributed by atoms with E-state index < -0.39 is 0 Å². The molecule has 0 aliphatic carbocycles. The molecule has 9 aromatic carbocycles.